The lowest BCUT2D eigenvalue weighted by Gasteiger charge is -2.25. The number of rotatable bonds is 7. The maximum Gasteiger partial charge on any atom is 0.386 e. The first-order chi connectivity index (χ1) is 15.1. The number of fused-ring (bicyclic) bond motifs is 2. The number of aliphatic hydroxyl groups excluding tert-OH is 4. The zero-order valence-corrected chi connectivity index (χ0v) is 17.3. The molecular formula is C20H22N4O8. The normalized spacial score (nSPS) is 14.3. The molecule has 0 radical (unpaired) electrons. The Labute approximate surface area is 180 Å². The second kappa shape index (κ2) is 8.96. The standard InChI is InChI=1S/C20H22N4O8/c1-4-15(28)32-24-19(30)16-18(22-20(24)31)23(7-13(26)17(29)14(27)8-25)12-6-10(3)9(2)5-11(12)21-16/h4-6,13-14,17,25-27,29H,1,7-8H2,2-3H3. The van der Waals surface area contributed by atoms with Crippen LogP contribution in [0.3, 0.4) is 0 Å². The molecule has 3 atom stereocenters. The Morgan fingerprint density at radius 3 is 2.44 bits per heavy atom. The minimum absolute atomic E-state index is 0.150. The van der Waals surface area contributed by atoms with Crippen molar-refractivity contribution in [3.63, 3.8) is 0 Å². The topological polar surface area (TPSA) is 177 Å². The van der Waals surface area contributed by atoms with Gasteiger partial charge in [-0.05, 0) is 37.1 Å². The Hall–Kier alpha value is -3.45. The molecule has 12 nitrogen and oxygen atoms in total. The molecule has 0 amide bonds. The SMILES string of the molecule is C=CC(=O)On1c(=O)nc2n(CC(O)C(O)C(O)CO)c3cc(C)c(C)cc3nc-2c1=O. The van der Waals surface area contributed by atoms with Gasteiger partial charge in [-0.25, -0.2) is 14.6 Å². The molecule has 0 saturated heterocycles. The largest absolute Gasteiger partial charge is 0.394 e. The summed E-state index contributed by atoms with van der Waals surface area (Å²) in [6.07, 6.45) is -4.18. The third-order valence-electron chi connectivity index (χ3n) is 5.04. The molecule has 0 saturated carbocycles. The van der Waals surface area contributed by atoms with Crippen molar-refractivity contribution in [3.8, 4) is 11.5 Å². The van der Waals surface area contributed by atoms with Crippen LogP contribution in [0.15, 0.2) is 34.4 Å². The van der Waals surface area contributed by atoms with E-state index in [0.717, 1.165) is 17.2 Å². The van der Waals surface area contributed by atoms with Crippen LogP contribution in [0.4, 0.5) is 0 Å². The molecule has 0 bridgehead atoms. The summed E-state index contributed by atoms with van der Waals surface area (Å²) in [5, 5.41) is 39.2. The van der Waals surface area contributed by atoms with E-state index in [1.807, 2.05) is 13.8 Å². The maximum atomic E-state index is 12.9. The fraction of sp³-hybridized carbons (Fsp3) is 0.350. The van der Waals surface area contributed by atoms with E-state index in [4.69, 9.17) is 5.11 Å². The Morgan fingerprint density at radius 2 is 1.81 bits per heavy atom. The predicted octanol–water partition coefficient (Wildman–Crippen LogP) is -2.11. The fourth-order valence-electron chi connectivity index (χ4n) is 3.13. The van der Waals surface area contributed by atoms with Gasteiger partial charge in [-0.3, -0.25) is 4.79 Å². The average molecular weight is 446 g/mol. The Bertz CT molecular complexity index is 1280. The van der Waals surface area contributed by atoms with E-state index in [1.54, 1.807) is 12.1 Å². The van der Waals surface area contributed by atoms with Crippen LogP contribution in [0.25, 0.3) is 22.6 Å². The molecule has 0 fully saturated rings. The molecule has 1 aromatic rings. The number of aryl methyl sites for hydroxylation is 2. The van der Waals surface area contributed by atoms with Crippen molar-refractivity contribution >= 4 is 17.0 Å². The second-order valence-corrected chi connectivity index (χ2v) is 7.24. The van der Waals surface area contributed by atoms with Gasteiger partial charge in [-0.2, -0.15) is 4.98 Å². The highest BCUT2D eigenvalue weighted by Crippen LogP contribution is 2.24. The number of benzene rings is 1. The Balaban J connectivity index is 2.32. The highest BCUT2D eigenvalue weighted by Gasteiger charge is 2.28. The summed E-state index contributed by atoms with van der Waals surface area (Å²) in [7, 11) is 0. The summed E-state index contributed by atoms with van der Waals surface area (Å²) in [5.41, 5.74) is -0.216. The highest BCUT2D eigenvalue weighted by molar-refractivity contribution is 5.82. The first-order valence-corrected chi connectivity index (χ1v) is 9.53. The van der Waals surface area contributed by atoms with E-state index in [9.17, 15) is 29.7 Å². The lowest BCUT2D eigenvalue weighted by atomic mass is 10.1. The highest BCUT2D eigenvalue weighted by atomic mass is 16.7. The summed E-state index contributed by atoms with van der Waals surface area (Å²) in [5.74, 6) is -1.28. The average Bonchev–Trinajstić information content (AvgIpc) is 2.77. The summed E-state index contributed by atoms with van der Waals surface area (Å²) < 4.78 is 1.45. The number of hydrogen-bond acceptors (Lipinski definition) is 10. The quantitative estimate of drug-likeness (QED) is 0.232. The van der Waals surface area contributed by atoms with Gasteiger partial charge in [0.1, 0.15) is 18.3 Å². The number of carbonyl (C=O) groups excluding carboxylic acids is 1. The van der Waals surface area contributed by atoms with Crippen molar-refractivity contribution in [2.45, 2.75) is 38.7 Å². The molecule has 3 rings (SSSR count). The van der Waals surface area contributed by atoms with Crippen LogP contribution in [0.2, 0.25) is 0 Å². The van der Waals surface area contributed by atoms with E-state index >= 15 is 0 Å². The zero-order valence-electron chi connectivity index (χ0n) is 17.3. The molecule has 32 heavy (non-hydrogen) atoms. The van der Waals surface area contributed by atoms with Crippen LogP contribution in [-0.2, 0) is 11.3 Å². The van der Waals surface area contributed by atoms with E-state index < -0.39 is 48.7 Å². The second-order valence-electron chi connectivity index (χ2n) is 7.24. The van der Waals surface area contributed by atoms with Crippen LogP contribution in [0.5, 0.6) is 0 Å². The molecule has 2 aliphatic heterocycles. The number of aliphatic hydroxyl groups is 4. The van der Waals surface area contributed by atoms with Crippen molar-refractivity contribution in [2.75, 3.05) is 6.61 Å². The maximum absolute atomic E-state index is 12.9. The van der Waals surface area contributed by atoms with Gasteiger partial charge in [0.25, 0.3) is 0 Å². The molecular weight excluding hydrogens is 424 g/mol. The molecule has 12 heteroatoms. The molecule has 2 heterocycles. The zero-order chi connectivity index (χ0) is 23.7. The third kappa shape index (κ3) is 4.16. The van der Waals surface area contributed by atoms with E-state index in [0.29, 0.717) is 11.0 Å². The van der Waals surface area contributed by atoms with Crippen molar-refractivity contribution in [1.82, 2.24) is 19.3 Å². The number of hydrogen-bond donors (Lipinski definition) is 4. The summed E-state index contributed by atoms with van der Waals surface area (Å²) in [4.78, 5) is 49.5. The molecule has 1 aromatic carbocycles. The number of aromatic nitrogens is 4. The Morgan fingerprint density at radius 1 is 1.16 bits per heavy atom. The summed E-state index contributed by atoms with van der Waals surface area (Å²) in [6, 6.07) is 3.38. The van der Waals surface area contributed by atoms with E-state index in [-0.39, 0.29) is 16.2 Å². The van der Waals surface area contributed by atoms with E-state index in [2.05, 4.69) is 21.4 Å². The fourth-order valence-corrected chi connectivity index (χ4v) is 3.13. The van der Waals surface area contributed by atoms with Gasteiger partial charge in [-0.1, -0.05) is 11.3 Å². The van der Waals surface area contributed by atoms with Crippen LogP contribution >= 0.6 is 0 Å². The molecule has 170 valence electrons. The monoisotopic (exact) mass is 446 g/mol. The van der Waals surface area contributed by atoms with Crippen LogP contribution in [0.1, 0.15) is 11.1 Å². The molecule has 0 spiro atoms. The minimum Gasteiger partial charge on any atom is -0.394 e. The number of nitrogens with zero attached hydrogens (tertiary/aromatic N) is 4. The van der Waals surface area contributed by atoms with Gasteiger partial charge >= 0.3 is 17.2 Å². The molecule has 0 aliphatic carbocycles. The first-order valence-electron chi connectivity index (χ1n) is 9.53. The first kappa shape index (κ1) is 23.2. The Kier molecular flexibility index (Phi) is 6.50. The third-order valence-corrected chi connectivity index (χ3v) is 5.04. The van der Waals surface area contributed by atoms with Crippen molar-refractivity contribution in [3.05, 3.63) is 56.8 Å². The van der Waals surface area contributed by atoms with Gasteiger partial charge in [0.15, 0.2) is 11.5 Å². The molecule has 3 unspecified atom stereocenters. The van der Waals surface area contributed by atoms with E-state index in [1.165, 1.54) is 4.57 Å². The van der Waals surface area contributed by atoms with Crippen LogP contribution in [-0.4, -0.2) is 70.6 Å². The van der Waals surface area contributed by atoms with Gasteiger partial charge in [0, 0.05) is 6.08 Å². The number of carbonyl (C=O) groups is 1. The molecule has 4 N–H and O–H groups in total. The summed E-state index contributed by atoms with van der Waals surface area (Å²) >= 11 is 0. The van der Waals surface area contributed by atoms with Crippen molar-refractivity contribution in [1.29, 1.82) is 0 Å². The molecule has 0 aromatic heterocycles. The predicted molar refractivity (Wildman–Crippen MR) is 111 cm³/mol. The lowest BCUT2D eigenvalue weighted by Crippen LogP contribution is -2.45. The van der Waals surface area contributed by atoms with Crippen LogP contribution in [0, 0.1) is 13.8 Å². The van der Waals surface area contributed by atoms with Gasteiger partial charge in [-0.15, -0.1) is 0 Å². The van der Waals surface area contributed by atoms with Crippen LogP contribution < -0.4 is 16.1 Å². The lowest BCUT2D eigenvalue weighted by molar-refractivity contribution is -0.139. The summed E-state index contributed by atoms with van der Waals surface area (Å²) in [6.45, 7) is 5.65. The van der Waals surface area contributed by atoms with Crippen molar-refractivity contribution < 1.29 is 30.1 Å². The smallest absolute Gasteiger partial charge is 0.386 e. The van der Waals surface area contributed by atoms with Gasteiger partial charge in [0.05, 0.1) is 24.2 Å². The van der Waals surface area contributed by atoms with Crippen molar-refractivity contribution in [2.24, 2.45) is 0 Å². The van der Waals surface area contributed by atoms with Gasteiger partial charge < -0.3 is 29.8 Å². The molecule has 2 aliphatic rings. The minimum atomic E-state index is -1.72. The van der Waals surface area contributed by atoms with Gasteiger partial charge in [0.2, 0.25) is 0 Å².